The van der Waals surface area contributed by atoms with Crippen molar-refractivity contribution >= 4 is 28.9 Å². The van der Waals surface area contributed by atoms with Crippen LogP contribution in [-0.2, 0) is 11.3 Å². The van der Waals surface area contributed by atoms with E-state index in [1.165, 1.54) is 23.7 Å². The van der Waals surface area contributed by atoms with Crippen molar-refractivity contribution in [1.82, 2.24) is 25.0 Å². The predicted molar refractivity (Wildman–Crippen MR) is 91.0 cm³/mol. The van der Waals surface area contributed by atoms with Crippen molar-refractivity contribution in [3.05, 3.63) is 41.7 Å². The molecule has 0 unspecified atom stereocenters. The summed E-state index contributed by atoms with van der Waals surface area (Å²) in [6, 6.07) is 8.17. The highest BCUT2D eigenvalue weighted by molar-refractivity contribution is 8.00. The van der Waals surface area contributed by atoms with Crippen LogP contribution in [0.2, 0.25) is 0 Å². The number of benzene rings is 1. The van der Waals surface area contributed by atoms with Gasteiger partial charge in [-0.15, -0.1) is 5.10 Å². The zero-order valence-electron chi connectivity index (χ0n) is 13.4. The van der Waals surface area contributed by atoms with Crippen molar-refractivity contribution in [2.75, 3.05) is 0 Å². The largest absolute Gasteiger partial charge is 0.480 e. The van der Waals surface area contributed by atoms with E-state index in [-0.39, 0.29) is 0 Å². The second-order valence-corrected chi connectivity index (χ2v) is 6.63. The normalized spacial score (nSPS) is 12.4. The van der Waals surface area contributed by atoms with Gasteiger partial charge in [-0.25, -0.2) is 14.6 Å². The number of carboxylic acids is 1. The fourth-order valence-corrected chi connectivity index (χ4v) is 3.16. The average Bonchev–Trinajstić information content (AvgIpc) is 2.98. The van der Waals surface area contributed by atoms with E-state index in [0.29, 0.717) is 29.2 Å². The molecule has 1 N–H and O–H groups in total. The number of hydrogen-bond acceptors (Lipinski definition) is 6. The van der Waals surface area contributed by atoms with Crippen LogP contribution in [0.15, 0.2) is 35.6 Å². The lowest BCUT2D eigenvalue weighted by Crippen LogP contribution is -2.15. The van der Waals surface area contributed by atoms with E-state index in [1.54, 1.807) is 4.68 Å². The first-order chi connectivity index (χ1) is 11.6. The highest BCUT2D eigenvalue weighted by Gasteiger charge is 2.21. The van der Waals surface area contributed by atoms with E-state index in [0.717, 1.165) is 5.56 Å². The van der Waals surface area contributed by atoms with Gasteiger partial charge in [-0.3, -0.25) is 4.79 Å². The minimum atomic E-state index is -0.860. The first-order valence-corrected chi connectivity index (χ1v) is 8.45. The molecule has 3 rings (SSSR count). The fraction of sp³-hybridized carbons (Fsp3) is 0.312. The molecule has 2 heterocycles. The number of thioether (sulfide) groups is 1. The van der Waals surface area contributed by atoms with E-state index < -0.39 is 11.2 Å². The molecule has 0 spiro atoms. The quantitative estimate of drug-likeness (QED) is 0.543. The van der Waals surface area contributed by atoms with Gasteiger partial charge in [0.05, 0.1) is 6.54 Å². The smallest absolute Gasteiger partial charge is 0.317 e. The highest BCUT2D eigenvalue weighted by Crippen LogP contribution is 2.28. The third kappa shape index (κ3) is 3.38. The van der Waals surface area contributed by atoms with Gasteiger partial charge in [0.25, 0.3) is 0 Å². The van der Waals surface area contributed by atoms with Crippen LogP contribution in [0.4, 0.5) is 0 Å². The molecule has 3 aromatic rings. The Bertz CT molecular complexity index is 863. The van der Waals surface area contributed by atoms with Gasteiger partial charge in [0.2, 0.25) is 0 Å². The summed E-state index contributed by atoms with van der Waals surface area (Å²) in [7, 11) is 0. The lowest BCUT2D eigenvalue weighted by atomic mass is 10.1. The van der Waals surface area contributed by atoms with Gasteiger partial charge in [-0.2, -0.15) is 0 Å². The SMILES string of the molecule is CC[C@H](Sc1ncnc2c1nnn2Cc1ccc(C)cc1)C(=O)O. The van der Waals surface area contributed by atoms with Gasteiger partial charge in [0.1, 0.15) is 16.6 Å². The summed E-state index contributed by atoms with van der Waals surface area (Å²) in [5, 5.41) is 17.5. The number of aryl methyl sites for hydroxylation is 1. The first-order valence-electron chi connectivity index (χ1n) is 7.57. The van der Waals surface area contributed by atoms with Crippen molar-refractivity contribution < 1.29 is 9.90 Å². The van der Waals surface area contributed by atoms with Crippen LogP contribution < -0.4 is 0 Å². The molecule has 1 aromatic carbocycles. The molecule has 0 bridgehead atoms. The molecular weight excluding hydrogens is 326 g/mol. The van der Waals surface area contributed by atoms with Crippen molar-refractivity contribution in [3.63, 3.8) is 0 Å². The molecular formula is C16H17N5O2S. The van der Waals surface area contributed by atoms with Crippen LogP contribution in [0, 0.1) is 6.92 Å². The Morgan fingerprint density at radius 3 is 2.71 bits per heavy atom. The molecule has 0 amide bonds. The number of carbonyl (C=O) groups is 1. The van der Waals surface area contributed by atoms with E-state index in [1.807, 2.05) is 38.1 Å². The molecule has 0 aliphatic rings. The van der Waals surface area contributed by atoms with Crippen LogP contribution in [-0.4, -0.2) is 41.3 Å². The maximum absolute atomic E-state index is 11.2. The monoisotopic (exact) mass is 343 g/mol. The number of aliphatic carboxylic acids is 1. The molecule has 0 radical (unpaired) electrons. The van der Waals surface area contributed by atoms with Gasteiger partial charge < -0.3 is 5.11 Å². The number of aromatic nitrogens is 5. The molecule has 7 nitrogen and oxygen atoms in total. The molecule has 1 atom stereocenters. The molecule has 0 saturated heterocycles. The van der Waals surface area contributed by atoms with Crippen LogP contribution in [0.1, 0.15) is 24.5 Å². The lowest BCUT2D eigenvalue weighted by molar-refractivity contribution is -0.136. The number of fused-ring (bicyclic) bond motifs is 1. The zero-order chi connectivity index (χ0) is 17.1. The number of hydrogen-bond donors (Lipinski definition) is 1. The second kappa shape index (κ2) is 6.96. The standard InChI is InChI=1S/C16H17N5O2S/c1-3-12(16(22)23)24-15-13-14(17-9-18-15)21(20-19-13)8-11-6-4-10(2)5-7-11/h4-7,9,12H,3,8H2,1-2H3,(H,22,23)/t12-/m0/s1. The summed E-state index contributed by atoms with van der Waals surface area (Å²) in [5.41, 5.74) is 3.43. The molecule has 0 aliphatic heterocycles. The van der Waals surface area contributed by atoms with Crippen molar-refractivity contribution in [1.29, 1.82) is 0 Å². The van der Waals surface area contributed by atoms with Crippen LogP contribution in [0.5, 0.6) is 0 Å². The molecule has 0 aliphatic carbocycles. The molecule has 24 heavy (non-hydrogen) atoms. The maximum Gasteiger partial charge on any atom is 0.317 e. The summed E-state index contributed by atoms with van der Waals surface area (Å²) >= 11 is 1.18. The second-order valence-electron chi connectivity index (χ2n) is 5.44. The Kier molecular flexibility index (Phi) is 4.75. The Morgan fingerprint density at radius 2 is 2.04 bits per heavy atom. The maximum atomic E-state index is 11.2. The van der Waals surface area contributed by atoms with E-state index in [2.05, 4.69) is 20.3 Å². The van der Waals surface area contributed by atoms with Crippen LogP contribution in [0.3, 0.4) is 0 Å². The third-order valence-corrected chi connectivity index (χ3v) is 4.96. The number of carboxylic acid groups (broad SMARTS) is 1. The third-order valence-electron chi connectivity index (χ3n) is 3.62. The molecule has 124 valence electrons. The van der Waals surface area contributed by atoms with Gasteiger partial charge >= 0.3 is 5.97 Å². The lowest BCUT2D eigenvalue weighted by Gasteiger charge is -2.08. The molecule has 0 saturated carbocycles. The number of rotatable bonds is 6. The molecule has 0 fully saturated rings. The van der Waals surface area contributed by atoms with E-state index in [9.17, 15) is 9.90 Å². The van der Waals surface area contributed by atoms with Gasteiger partial charge in [0, 0.05) is 0 Å². The zero-order valence-corrected chi connectivity index (χ0v) is 14.2. The summed E-state index contributed by atoms with van der Waals surface area (Å²) in [4.78, 5) is 19.7. The summed E-state index contributed by atoms with van der Waals surface area (Å²) in [5.74, 6) is -0.860. The molecule has 2 aromatic heterocycles. The Morgan fingerprint density at radius 1 is 1.29 bits per heavy atom. The van der Waals surface area contributed by atoms with Crippen molar-refractivity contribution in [3.8, 4) is 0 Å². The minimum Gasteiger partial charge on any atom is -0.480 e. The Balaban J connectivity index is 1.91. The minimum absolute atomic E-state index is 0.503. The fourth-order valence-electron chi connectivity index (χ4n) is 2.27. The average molecular weight is 343 g/mol. The van der Waals surface area contributed by atoms with Crippen LogP contribution in [0.25, 0.3) is 11.2 Å². The van der Waals surface area contributed by atoms with Crippen molar-refractivity contribution in [2.24, 2.45) is 0 Å². The topological polar surface area (TPSA) is 93.8 Å². The Labute approximate surface area is 143 Å². The van der Waals surface area contributed by atoms with Crippen LogP contribution >= 0.6 is 11.8 Å². The Hall–Kier alpha value is -2.48. The highest BCUT2D eigenvalue weighted by atomic mass is 32.2. The van der Waals surface area contributed by atoms with Gasteiger partial charge in [-0.1, -0.05) is 53.7 Å². The van der Waals surface area contributed by atoms with Gasteiger partial charge in [-0.05, 0) is 18.9 Å². The first kappa shape index (κ1) is 16.4. The summed E-state index contributed by atoms with van der Waals surface area (Å²) in [6.07, 6.45) is 1.93. The van der Waals surface area contributed by atoms with Crippen molar-refractivity contribution in [2.45, 2.75) is 37.1 Å². The molecule has 8 heteroatoms. The van der Waals surface area contributed by atoms with E-state index in [4.69, 9.17) is 0 Å². The summed E-state index contributed by atoms with van der Waals surface area (Å²) < 4.78 is 1.70. The van der Waals surface area contributed by atoms with Gasteiger partial charge in [0.15, 0.2) is 11.2 Å². The predicted octanol–water partition coefficient (Wildman–Crippen LogP) is 2.53. The van der Waals surface area contributed by atoms with E-state index >= 15 is 0 Å². The summed E-state index contributed by atoms with van der Waals surface area (Å²) in [6.45, 7) is 4.42. The number of nitrogens with zero attached hydrogens (tertiary/aromatic N) is 5.